The van der Waals surface area contributed by atoms with Gasteiger partial charge >= 0.3 is 0 Å². The number of amides is 1. The van der Waals surface area contributed by atoms with Crippen LogP contribution in [0.3, 0.4) is 0 Å². The standard InChI is InChI=1S/C20H30N4O2/c1-20(2)11-16(22-18(25)14-5-9-26-10-6-14)15-13-21-19(23-17(15)12-20)24-7-3-4-8-24/h13-14,16H,3-12H2,1-2H3,(H,22,25)/t16-/m0/s1. The SMILES string of the molecule is CC1(C)Cc2nc(N3CCCC3)ncc2[C@@H](NC(=O)C2CCOCC2)C1. The molecule has 0 aromatic carbocycles. The van der Waals surface area contributed by atoms with E-state index in [1.165, 1.54) is 12.8 Å². The number of anilines is 1. The fourth-order valence-electron chi connectivity index (χ4n) is 4.48. The number of fused-ring (bicyclic) bond motifs is 1. The maximum atomic E-state index is 12.7. The second-order valence-electron chi connectivity index (χ2n) is 8.76. The largest absolute Gasteiger partial charge is 0.381 e. The molecule has 0 saturated carbocycles. The molecular formula is C20H30N4O2. The van der Waals surface area contributed by atoms with E-state index in [9.17, 15) is 4.79 Å². The zero-order chi connectivity index (χ0) is 18.1. The second-order valence-corrected chi connectivity index (χ2v) is 8.76. The zero-order valence-electron chi connectivity index (χ0n) is 16.0. The zero-order valence-corrected chi connectivity index (χ0v) is 16.0. The molecule has 4 rings (SSSR count). The molecule has 2 aliphatic heterocycles. The van der Waals surface area contributed by atoms with Crippen LogP contribution in [0.15, 0.2) is 6.20 Å². The van der Waals surface area contributed by atoms with Crippen molar-refractivity contribution in [2.75, 3.05) is 31.2 Å². The molecule has 1 aromatic rings. The number of aromatic nitrogens is 2. The summed E-state index contributed by atoms with van der Waals surface area (Å²) in [6, 6.07) is 0.0109. The highest BCUT2D eigenvalue weighted by atomic mass is 16.5. The van der Waals surface area contributed by atoms with E-state index in [1.54, 1.807) is 0 Å². The van der Waals surface area contributed by atoms with Crippen molar-refractivity contribution < 1.29 is 9.53 Å². The molecule has 0 radical (unpaired) electrons. The molecule has 142 valence electrons. The van der Waals surface area contributed by atoms with E-state index >= 15 is 0 Å². The first-order valence-corrected chi connectivity index (χ1v) is 10.0. The Morgan fingerprint density at radius 2 is 2.00 bits per heavy atom. The van der Waals surface area contributed by atoms with Crippen molar-refractivity contribution in [3.05, 3.63) is 17.5 Å². The molecule has 6 heteroatoms. The molecule has 1 N–H and O–H groups in total. The third-order valence-electron chi connectivity index (χ3n) is 5.96. The summed E-state index contributed by atoms with van der Waals surface area (Å²) in [6.07, 6.45) is 7.90. The Morgan fingerprint density at radius 3 is 2.73 bits per heavy atom. The molecule has 0 bridgehead atoms. The average Bonchev–Trinajstić information content (AvgIpc) is 3.15. The quantitative estimate of drug-likeness (QED) is 0.900. The minimum atomic E-state index is 0.0109. The fourth-order valence-corrected chi connectivity index (χ4v) is 4.48. The highest BCUT2D eigenvalue weighted by molar-refractivity contribution is 5.79. The summed E-state index contributed by atoms with van der Waals surface area (Å²) in [4.78, 5) is 24.6. The molecule has 3 heterocycles. The van der Waals surface area contributed by atoms with E-state index in [0.717, 1.165) is 56.0 Å². The van der Waals surface area contributed by atoms with Crippen LogP contribution in [0.5, 0.6) is 0 Å². The number of carbonyl (C=O) groups excluding carboxylic acids is 1. The van der Waals surface area contributed by atoms with Gasteiger partial charge < -0.3 is 15.0 Å². The Balaban J connectivity index is 1.55. The van der Waals surface area contributed by atoms with Crippen molar-refractivity contribution >= 4 is 11.9 Å². The van der Waals surface area contributed by atoms with Crippen LogP contribution in [0.2, 0.25) is 0 Å². The van der Waals surface area contributed by atoms with E-state index in [0.29, 0.717) is 13.2 Å². The maximum Gasteiger partial charge on any atom is 0.225 e. The summed E-state index contributed by atoms with van der Waals surface area (Å²) in [5.74, 6) is 1.08. The van der Waals surface area contributed by atoms with Crippen LogP contribution in [0.1, 0.15) is 63.3 Å². The van der Waals surface area contributed by atoms with Gasteiger partial charge in [-0.05, 0) is 43.9 Å². The van der Waals surface area contributed by atoms with Crippen molar-refractivity contribution in [3.63, 3.8) is 0 Å². The van der Waals surface area contributed by atoms with Crippen molar-refractivity contribution in [1.29, 1.82) is 0 Å². The predicted octanol–water partition coefficient (Wildman–Crippen LogP) is 2.63. The highest BCUT2D eigenvalue weighted by Gasteiger charge is 2.36. The molecule has 26 heavy (non-hydrogen) atoms. The Morgan fingerprint density at radius 1 is 1.27 bits per heavy atom. The van der Waals surface area contributed by atoms with Gasteiger partial charge in [0.05, 0.1) is 11.7 Å². The third kappa shape index (κ3) is 3.70. The predicted molar refractivity (Wildman–Crippen MR) is 100 cm³/mol. The molecule has 3 aliphatic rings. The molecule has 1 aromatic heterocycles. The Kier molecular flexibility index (Phi) is 4.86. The number of nitrogens with one attached hydrogen (secondary N) is 1. The molecule has 1 atom stereocenters. The number of hydrogen-bond acceptors (Lipinski definition) is 5. The van der Waals surface area contributed by atoms with Gasteiger partial charge in [-0.2, -0.15) is 0 Å². The van der Waals surface area contributed by atoms with Gasteiger partial charge in [-0.15, -0.1) is 0 Å². The van der Waals surface area contributed by atoms with Crippen LogP contribution in [0.25, 0.3) is 0 Å². The summed E-state index contributed by atoms with van der Waals surface area (Å²) in [5.41, 5.74) is 2.33. The van der Waals surface area contributed by atoms with E-state index in [2.05, 4.69) is 29.0 Å². The first-order valence-electron chi connectivity index (χ1n) is 10.0. The summed E-state index contributed by atoms with van der Waals surface area (Å²) in [6.45, 7) is 8.00. The van der Waals surface area contributed by atoms with Crippen LogP contribution >= 0.6 is 0 Å². The van der Waals surface area contributed by atoms with Crippen molar-refractivity contribution in [2.24, 2.45) is 11.3 Å². The van der Waals surface area contributed by atoms with Gasteiger partial charge in [-0.1, -0.05) is 13.8 Å². The van der Waals surface area contributed by atoms with Gasteiger partial charge in [0.2, 0.25) is 11.9 Å². The summed E-state index contributed by atoms with van der Waals surface area (Å²) in [7, 11) is 0. The van der Waals surface area contributed by atoms with Gasteiger partial charge in [-0.3, -0.25) is 4.79 Å². The Hall–Kier alpha value is -1.69. The molecule has 2 fully saturated rings. The smallest absolute Gasteiger partial charge is 0.225 e. The molecule has 0 unspecified atom stereocenters. The number of rotatable bonds is 3. The topological polar surface area (TPSA) is 67.4 Å². The molecule has 6 nitrogen and oxygen atoms in total. The minimum Gasteiger partial charge on any atom is -0.381 e. The number of ether oxygens (including phenoxy) is 1. The van der Waals surface area contributed by atoms with Crippen molar-refractivity contribution in [2.45, 2.75) is 58.4 Å². The summed E-state index contributed by atoms with van der Waals surface area (Å²) >= 11 is 0. The second kappa shape index (κ2) is 7.14. The van der Waals surface area contributed by atoms with Gasteiger partial charge in [0, 0.05) is 44.0 Å². The van der Waals surface area contributed by atoms with Gasteiger partial charge in [-0.25, -0.2) is 9.97 Å². The number of hydrogen-bond donors (Lipinski definition) is 1. The molecule has 1 amide bonds. The normalized spacial score (nSPS) is 25.8. The molecule has 2 saturated heterocycles. The lowest BCUT2D eigenvalue weighted by atomic mass is 9.74. The van der Waals surface area contributed by atoms with E-state index in [4.69, 9.17) is 9.72 Å². The lowest BCUT2D eigenvalue weighted by Gasteiger charge is -2.37. The molecule has 0 spiro atoms. The Bertz CT molecular complexity index is 664. The first kappa shape index (κ1) is 17.7. The lowest BCUT2D eigenvalue weighted by molar-refractivity contribution is -0.128. The van der Waals surface area contributed by atoms with Gasteiger partial charge in [0.25, 0.3) is 0 Å². The van der Waals surface area contributed by atoms with E-state index in [1.807, 2.05) is 6.20 Å². The van der Waals surface area contributed by atoms with Crippen molar-refractivity contribution in [1.82, 2.24) is 15.3 Å². The van der Waals surface area contributed by atoms with Gasteiger partial charge in [0.15, 0.2) is 0 Å². The van der Waals surface area contributed by atoms with Crippen LogP contribution in [-0.4, -0.2) is 42.2 Å². The third-order valence-corrected chi connectivity index (χ3v) is 5.96. The summed E-state index contributed by atoms with van der Waals surface area (Å²) < 4.78 is 5.39. The average molecular weight is 358 g/mol. The van der Waals surface area contributed by atoms with Crippen LogP contribution in [0.4, 0.5) is 5.95 Å². The first-order chi connectivity index (χ1) is 12.5. The minimum absolute atomic E-state index is 0.0109. The van der Waals surface area contributed by atoms with Crippen LogP contribution in [0, 0.1) is 11.3 Å². The molecule has 1 aliphatic carbocycles. The van der Waals surface area contributed by atoms with Gasteiger partial charge in [0.1, 0.15) is 0 Å². The highest BCUT2D eigenvalue weighted by Crippen LogP contribution is 2.40. The number of carbonyl (C=O) groups is 1. The maximum absolute atomic E-state index is 12.7. The summed E-state index contributed by atoms with van der Waals surface area (Å²) in [5, 5.41) is 3.30. The van der Waals surface area contributed by atoms with Crippen molar-refractivity contribution in [3.8, 4) is 0 Å². The fraction of sp³-hybridized carbons (Fsp3) is 0.750. The molecular weight excluding hydrogens is 328 g/mol. The van der Waals surface area contributed by atoms with E-state index in [-0.39, 0.29) is 23.3 Å². The van der Waals surface area contributed by atoms with E-state index < -0.39 is 0 Å². The number of nitrogens with zero attached hydrogens (tertiary/aromatic N) is 3. The monoisotopic (exact) mass is 358 g/mol. The van der Waals surface area contributed by atoms with Crippen LogP contribution < -0.4 is 10.2 Å². The Labute approximate surface area is 155 Å². The lowest BCUT2D eigenvalue weighted by Crippen LogP contribution is -2.41. The van der Waals surface area contributed by atoms with Crippen LogP contribution in [-0.2, 0) is 16.0 Å².